The molecule has 144 valence electrons. The molecule has 3 aromatic carbocycles. The average Bonchev–Trinajstić information content (AvgIpc) is 3.18. The summed E-state index contributed by atoms with van der Waals surface area (Å²) in [5, 5.41) is 0.581. The predicted molar refractivity (Wildman–Crippen MR) is 116 cm³/mol. The van der Waals surface area contributed by atoms with E-state index in [0.717, 1.165) is 16.7 Å². The van der Waals surface area contributed by atoms with Crippen molar-refractivity contribution >= 4 is 17.5 Å². The van der Waals surface area contributed by atoms with Crippen LogP contribution in [0.4, 0.5) is 0 Å². The zero-order chi connectivity index (χ0) is 20.2. The first-order chi connectivity index (χ1) is 14.1. The smallest absolute Gasteiger partial charge is 0.240 e. The summed E-state index contributed by atoms with van der Waals surface area (Å²) < 4.78 is 0. The molecule has 2 N–H and O–H groups in total. The summed E-state index contributed by atoms with van der Waals surface area (Å²) in [7, 11) is 0. The lowest BCUT2D eigenvalue weighted by molar-refractivity contribution is -0.133. The maximum absolute atomic E-state index is 12.8. The molecule has 0 aliphatic carbocycles. The first kappa shape index (κ1) is 19.3. The van der Waals surface area contributed by atoms with Gasteiger partial charge in [0.2, 0.25) is 5.91 Å². The van der Waals surface area contributed by atoms with Crippen LogP contribution in [0.3, 0.4) is 0 Å². The molecule has 4 heteroatoms. The Balaban J connectivity index is 1.42. The van der Waals surface area contributed by atoms with E-state index >= 15 is 0 Å². The lowest BCUT2D eigenvalue weighted by Gasteiger charge is -2.20. The highest BCUT2D eigenvalue weighted by Gasteiger charge is 2.27. The Hall–Kier alpha value is -3.06. The van der Waals surface area contributed by atoms with E-state index in [-0.39, 0.29) is 5.91 Å². The van der Waals surface area contributed by atoms with Crippen molar-refractivity contribution in [2.75, 3.05) is 0 Å². The molecule has 0 saturated heterocycles. The van der Waals surface area contributed by atoms with Crippen LogP contribution < -0.4 is 5.73 Å². The van der Waals surface area contributed by atoms with E-state index < -0.39 is 6.04 Å². The molecule has 1 aliphatic heterocycles. The van der Waals surface area contributed by atoms with Gasteiger partial charge in [-0.15, -0.1) is 0 Å². The van der Waals surface area contributed by atoms with E-state index in [0.29, 0.717) is 24.5 Å². The second-order valence-electron chi connectivity index (χ2n) is 7.20. The van der Waals surface area contributed by atoms with E-state index in [1.54, 1.807) is 0 Å². The van der Waals surface area contributed by atoms with Crippen molar-refractivity contribution in [3.8, 4) is 11.8 Å². The van der Waals surface area contributed by atoms with Crippen molar-refractivity contribution in [1.29, 1.82) is 0 Å². The van der Waals surface area contributed by atoms with Crippen molar-refractivity contribution in [2.45, 2.75) is 25.6 Å². The van der Waals surface area contributed by atoms with Gasteiger partial charge in [0.15, 0.2) is 0 Å². The summed E-state index contributed by atoms with van der Waals surface area (Å²) >= 11 is 6.44. The van der Waals surface area contributed by atoms with Gasteiger partial charge < -0.3 is 10.6 Å². The fraction of sp³-hybridized carbons (Fsp3) is 0.160. The molecule has 4 rings (SSSR count). The fourth-order valence-corrected chi connectivity index (χ4v) is 3.76. The first-order valence-electron chi connectivity index (χ1n) is 9.57. The van der Waals surface area contributed by atoms with Crippen LogP contribution in [-0.2, 0) is 24.3 Å². The second kappa shape index (κ2) is 8.53. The number of fused-ring (bicyclic) bond motifs is 1. The minimum absolute atomic E-state index is 0.0507. The summed E-state index contributed by atoms with van der Waals surface area (Å²) in [6, 6.07) is 22.9. The molecule has 0 radical (unpaired) electrons. The first-order valence-corrected chi connectivity index (χ1v) is 9.94. The zero-order valence-corrected chi connectivity index (χ0v) is 16.7. The lowest BCUT2D eigenvalue weighted by atomic mass is 10.0. The van der Waals surface area contributed by atoms with E-state index in [4.69, 9.17) is 17.3 Å². The van der Waals surface area contributed by atoms with Crippen LogP contribution in [0, 0.1) is 11.8 Å². The lowest BCUT2D eigenvalue weighted by Crippen LogP contribution is -2.42. The number of carbonyl (C=O) groups excluding carboxylic acids is 1. The number of nitrogens with two attached hydrogens (primary N) is 1. The van der Waals surface area contributed by atoms with Crippen LogP contribution in [0.5, 0.6) is 0 Å². The summed E-state index contributed by atoms with van der Waals surface area (Å²) in [6.07, 6.45) is 0.400. The number of hydrogen-bond acceptors (Lipinski definition) is 2. The number of amides is 1. The topological polar surface area (TPSA) is 46.3 Å². The van der Waals surface area contributed by atoms with Gasteiger partial charge in [-0.3, -0.25) is 4.79 Å². The summed E-state index contributed by atoms with van der Waals surface area (Å²) in [5.74, 6) is 6.19. The van der Waals surface area contributed by atoms with Crippen LogP contribution in [-0.4, -0.2) is 16.8 Å². The maximum atomic E-state index is 12.8. The Morgan fingerprint density at radius 3 is 2.21 bits per heavy atom. The van der Waals surface area contributed by atoms with Crippen molar-refractivity contribution in [3.63, 3.8) is 0 Å². The van der Waals surface area contributed by atoms with Gasteiger partial charge in [-0.2, -0.15) is 0 Å². The number of carbonyl (C=O) groups is 1. The van der Waals surface area contributed by atoms with E-state index in [1.807, 2.05) is 65.6 Å². The molecule has 1 atom stereocenters. The highest BCUT2D eigenvalue weighted by molar-refractivity contribution is 6.31. The van der Waals surface area contributed by atoms with Gasteiger partial charge in [-0.25, -0.2) is 0 Å². The second-order valence-corrected chi connectivity index (χ2v) is 7.60. The largest absolute Gasteiger partial charge is 0.333 e. The predicted octanol–water partition coefficient (Wildman–Crippen LogP) is 4.15. The Morgan fingerprint density at radius 2 is 1.55 bits per heavy atom. The van der Waals surface area contributed by atoms with Gasteiger partial charge in [0.1, 0.15) is 0 Å². The average molecular weight is 401 g/mol. The standard InChI is InChI=1S/C25H21ClN2O/c26-23-14-19(11-10-18-6-2-1-3-7-18)12-13-20(23)15-24(27)25(29)28-16-21-8-4-5-9-22(21)17-28/h1-9,12-14,24H,15-17,27H2. The molecule has 29 heavy (non-hydrogen) atoms. The summed E-state index contributed by atoms with van der Waals surface area (Å²) in [4.78, 5) is 14.6. The molecule has 1 amide bonds. The zero-order valence-electron chi connectivity index (χ0n) is 15.9. The molecule has 0 bridgehead atoms. The van der Waals surface area contributed by atoms with Gasteiger partial charge in [-0.05, 0) is 47.4 Å². The minimum Gasteiger partial charge on any atom is -0.333 e. The van der Waals surface area contributed by atoms with Gasteiger partial charge in [0.25, 0.3) is 0 Å². The highest BCUT2D eigenvalue weighted by atomic mass is 35.5. The van der Waals surface area contributed by atoms with E-state index in [9.17, 15) is 4.79 Å². The van der Waals surface area contributed by atoms with Gasteiger partial charge >= 0.3 is 0 Å². The normalized spacial score (nSPS) is 13.4. The monoisotopic (exact) mass is 400 g/mol. The number of benzene rings is 3. The molecule has 1 heterocycles. The number of rotatable bonds is 3. The maximum Gasteiger partial charge on any atom is 0.240 e. The molecule has 0 spiro atoms. The van der Waals surface area contributed by atoms with E-state index in [1.165, 1.54) is 11.1 Å². The molecule has 1 unspecified atom stereocenters. The Labute approximate surface area is 176 Å². The third-order valence-electron chi connectivity index (χ3n) is 5.09. The quantitative estimate of drug-likeness (QED) is 0.671. The number of halogens is 1. The highest BCUT2D eigenvalue weighted by Crippen LogP contribution is 2.24. The van der Waals surface area contributed by atoms with E-state index in [2.05, 4.69) is 24.0 Å². The van der Waals surface area contributed by atoms with Crippen LogP contribution in [0.1, 0.15) is 27.8 Å². The number of hydrogen-bond donors (Lipinski definition) is 1. The Bertz CT molecular complexity index is 1070. The molecular weight excluding hydrogens is 380 g/mol. The molecule has 0 fully saturated rings. The SMILES string of the molecule is NC(Cc1ccc(C#Cc2ccccc2)cc1Cl)C(=O)N1Cc2ccccc2C1. The van der Waals surface area contributed by atoms with Gasteiger partial charge in [0.05, 0.1) is 6.04 Å². The van der Waals surface area contributed by atoms with Crippen LogP contribution in [0.2, 0.25) is 5.02 Å². The Kier molecular flexibility index (Phi) is 5.67. The molecule has 3 nitrogen and oxygen atoms in total. The Morgan fingerprint density at radius 1 is 0.931 bits per heavy atom. The number of nitrogens with zero attached hydrogens (tertiary/aromatic N) is 1. The van der Waals surface area contributed by atoms with Gasteiger partial charge in [0, 0.05) is 29.2 Å². The summed E-state index contributed by atoms with van der Waals surface area (Å²) in [5.41, 5.74) is 11.2. The molecule has 1 aliphatic rings. The molecule has 3 aromatic rings. The van der Waals surface area contributed by atoms with Gasteiger partial charge in [-0.1, -0.05) is 72.0 Å². The molecule has 0 aromatic heterocycles. The third kappa shape index (κ3) is 4.51. The van der Waals surface area contributed by atoms with Crippen LogP contribution >= 0.6 is 11.6 Å². The minimum atomic E-state index is -0.622. The van der Waals surface area contributed by atoms with Crippen molar-refractivity contribution in [3.05, 3.63) is 106 Å². The van der Waals surface area contributed by atoms with Crippen LogP contribution in [0.15, 0.2) is 72.8 Å². The van der Waals surface area contributed by atoms with Crippen molar-refractivity contribution in [2.24, 2.45) is 5.73 Å². The summed E-state index contributed by atoms with van der Waals surface area (Å²) in [6.45, 7) is 1.23. The molecular formula is C25H21ClN2O. The molecule has 0 saturated carbocycles. The van der Waals surface area contributed by atoms with Crippen LogP contribution in [0.25, 0.3) is 0 Å². The van der Waals surface area contributed by atoms with Crippen molar-refractivity contribution in [1.82, 2.24) is 4.90 Å². The third-order valence-corrected chi connectivity index (χ3v) is 5.44. The van der Waals surface area contributed by atoms with Crippen molar-refractivity contribution < 1.29 is 4.79 Å². The fourth-order valence-electron chi connectivity index (χ4n) is 3.50.